The van der Waals surface area contributed by atoms with E-state index in [2.05, 4.69) is 38.3 Å². The summed E-state index contributed by atoms with van der Waals surface area (Å²) < 4.78 is 6.47. The number of hydrogen-bond acceptors (Lipinski definition) is 3. The molecule has 2 aromatic rings. The van der Waals surface area contributed by atoms with Gasteiger partial charge < -0.3 is 15.0 Å². The number of nitrogens with zero attached hydrogens (tertiary/aromatic N) is 1. The molecule has 24 heavy (non-hydrogen) atoms. The maximum atomic E-state index is 12.0. The van der Waals surface area contributed by atoms with Gasteiger partial charge >= 0.3 is 0 Å². The van der Waals surface area contributed by atoms with Crippen molar-refractivity contribution in [2.75, 3.05) is 27.2 Å². The van der Waals surface area contributed by atoms with E-state index in [0.29, 0.717) is 12.3 Å². The summed E-state index contributed by atoms with van der Waals surface area (Å²) in [6, 6.07) is 18.0. The largest absolute Gasteiger partial charge is 0.484 e. The Labute approximate surface area is 151 Å². The van der Waals surface area contributed by atoms with E-state index in [1.165, 1.54) is 5.56 Å². The molecule has 1 atom stereocenters. The molecule has 1 N–H and O–H groups in total. The normalized spacial score (nSPS) is 12.0. The zero-order valence-electron chi connectivity index (χ0n) is 14.0. The number of carbonyl (C=O) groups excluding carboxylic acids is 1. The van der Waals surface area contributed by atoms with Crippen LogP contribution in [0.5, 0.6) is 5.75 Å². The molecular formula is C19H23BrN2O2. The number of hydrogen-bond donors (Lipinski definition) is 1. The van der Waals surface area contributed by atoms with E-state index in [1.807, 2.05) is 56.6 Å². The van der Waals surface area contributed by atoms with Crippen LogP contribution in [-0.4, -0.2) is 44.1 Å². The van der Waals surface area contributed by atoms with Gasteiger partial charge in [0.25, 0.3) is 5.91 Å². The second kappa shape index (κ2) is 9.45. The first-order chi connectivity index (χ1) is 11.5. The summed E-state index contributed by atoms with van der Waals surface area (Å²) in [6.07, 6.45) is 0.891. The van der Waals surface area contributed by atoms with E-state index >= 15 is 0 Å². The Bertz CT molecular complexity index is 630. The molecule has 0 radical (unpaired) electrons. The SMILES string of the molecule is CN(C)[C@@H](CNC(=O)COc1ccc(Br)cc1)Cc1ccccc1. The average molecular weight is 391 g/mol. The van der Waals surface area contributed by atoms with E-state index in [4.69, 9.17) is 4.74 Å². The number of amides is 1. The Balaban J connectivity index is 1.78. The van der Waals surface area contributed by atoms with Crippen LogP contribution in [0.25, 0.3) is 0 Å². The van der Waals surface area contributed by atoms with Gasteiger partial charge in [-0.2, -0.15) is 0 Å². The third-order valence-electron chi connectivity index (χ3n) is 3.76. The lowest BCUT2D eigenvalue weighted by Gasteiger charge is -2.24. The summed E-state index contributed by atoms with van der Waals surface area (Å²) in [4.78, 5) is 14.1. The fourth-order valence-corrected chi connectivity index (χ4v) is 2.55. The van der Waals surface area contributed by atoms with Gasteiger partial charge in [-0.3, -0.25) is 4.79 Å². The van der Waals surface area contributed by atoms with Gasteiger partial charge in [-0.25, -0.2) is 0 Å². The van der Waals surface area contributed by atoms with Crippen LogP contribution in [0.15, 0.2) is 59.1 Å². The van der Waals surface area contributed by atoms with Gasteiger partial charge in [0.1, 0.15) is 5.75 Å². The number of benzene rings is 2. The van der Waals surface area contributed by atoms with Crippen molar-refractivity contribution < 1.29 is 9.53 Å². The Morgan fingerprint density at radius 2 is 1.79 bits per heavy atom. The summed E-state index contributed by atoms with van der Waals surface area (Å²) >= 11 is 3.37. The van der Waals surface area contributed by atoms with Crippen LogP contribution in [0.3, 0.4) is 0 Å². The summed E-state index contributed by atoms with van der Waals surface area (Å²) in [6.45, 7) is 0.609. The molecule has 5 heteroatoms. The maximum Gasteiger partial charge on any atom is 0.257 e. The molecule has 0 bridgehead atoms. The van der Waals surface area contributed by atoms with E-state index in [1.54, 1.807) is 0 Å². The fourth-order valence-electron chi connectivity index (χ4n) is 2.29. The van der Waals surface area contributed by atoms with Gasteiger partial charge in [0.05, 0.1) is 0 Å². The van der Waals surface area contributed by atoms with E-state index in [9.17, 15) is 4.79 Å². The lowest BCUT2D eigenvalue weighted by atomic mass is 10.1. The lowest BCUT2D eigenvalue weighted by molar-refractivity contribution is -0.123. The van der Waals surface area contributed by atoms with E-state index in [-0.39, 0.29) is 18.6 Å². The van der Waals surface area contributed by atoms with Gasteiger partial charge in [-0.1, -0.05) is 46.3 Å². The summed E-state index contributed by atoms with van der Waals surface area (Å²) in [5.74, 6) is 0.569. The van der Waals surface area contributed by atoms with Crippen LogP contribution < -0.4 is 10.1 Å². The second-order valence-corrected chi connectivity index (χ2v) is 6.77. The molecule has 0 spiro atoms. The molecular weight excluding hydrogens is 368 g/mol. The molecule has 1 amide bonds. The standard InChI is InChI=1S/C19H23BrN2O2/c1-22(2)17(12-15-6-4-3-5-7-15)13-21-19(23)14-24-18-10-8-16(20)9-11-18/h3-11,17H,12-14H2,1-2H3,(H,21,23)/t17-/m1/s1. The molecule has 2 aromatic carbocycles. The topological polar surface area (TPSA) is 41.6 Å². The van der Waals surface area contributed by atoms with Crippen LogP contribution in [-0.2, 0) is 11.2 Å². The van der Waals surface area contributed by atoms with Crippen molar-refractivity contribution in [3.8, 4) is 5.75 Å². The predicted octanol–water partition coefficient (Wildman–Crippen LogP) is 3.12. The van der Waals surface area contributed by atoms with Gasteiger partial charge in [0.15, 0.2) is 6.61 Å². The van der Waals surface area contributed by atoms with Crippen molar-refractivity contribution in [2.45, 2.75) is 12.5 Å². The second-order valence-electron chi connectivity index (χ2n) is 5.85. The number of ether oxygens (including phenoxy) is 1. The quantitative estimate of drug-likeness (QED) is 0.752. The minimum atomic E-state index is -0.113. The van der Waals surface area contributed by atoms with Crippen molar-refractivity contribution in [1.82, 2.24) is 10.2 Å². The number of halogens is 1. The molecule has 2 rings (SSSR count). The first-order valence-corrected chi connectivity index (χ1v) is 8.69. The Kier molecular flexibility index (Phi) is 7.28. The highest BCUT2D eigenvalue weighted by Crippen LogP contribution is 2.15. The number of nitrogens with one attached hydrogen (secondary N) is 1. The molecule has 0 aromatic heterocycles. The molecule has 0 fully saturated rings. The summed E-state index contributed by atoms with van der Waals surface area (Å²) in [5.41, 5.74) is 1.26. The van der Waals surface area contributed by atoms with Gasteiger partial charge in [0, 0.05) is 17.1 Å². The predicted molar refractivity (Wildman–Crippen MR) is 100 cm³/mol. The molecule has 0 saturated carbocycles. The molecule has 0 aliphatic rings. The molecule has 0 aliphatic heterocycles. The molecule has 128 valence electrons. The van der Waals surface area contributed by atoms with Gasteiger partial charge in [-0.15, -0.1) is 0 Å². The van der Waals surface area contributed by atoms with Crippen LogP contribution >= 0.6 is 15.9 Å². The van der Waals surface area contributed by atoms with Crippen LogP contribution in [0.1, 0.15) is 5.56 Å². The Morgan fingerprint density at radius 1 is 1.12 bits per heavy atom. The molecule has 0 heterocycles. The number of carbonyl (C=O) groups is 1. The highest BCUT2D eigenvalue weighted by molar-refractivity contribution is 9.10. The van der Waals surface area contributed by atoms with Crippen molar-refractivity contribution in [2.24, 2.45) is 0 Å². The van der Waals surface area contributed by atoms with Crippen LogP contribution in [0, 0.1) is 0 Å². The van der Waals surface area contributed by atoms with Crippen molar-refractivity contribution >= 4 is 21.8 Å². The van der Waals surface area contributed by atoms with E-state index < -0.39 is 0 Å². The molecule has 0 aliphatic carbocycles. The average Bonchev–Trinajstić information content (AvgIpc) is 2.58. The Hall–Kier alpha value is -1.85. The highest BCUT2D eigenvalue weighted by Gasteiger charge is 2.14. The van der Waals surface area contributed by atoms with Crippen molar-refractivity contribution in [3.05, 3.63) is 64.6 Å². The fraction of sp³-hybridized carbons (Fsp3) is 0.316. The smallest absolute Gasteiger partial charge is 0.257 e. The van der Waals surface area contributed by atoms with E-state index in [0.717, 1.165) is 10.9 Å². The minimum Gasteiger partial charge on any atom is -0.484 e. The zero-order chi connectivity index (χ0) is 17.4. The molecule has 4 nitrogen and oxygen atoms in total. The van der Waals surface area contributed by atoms with Crippen LogP contribution in [0.2, 0.25) is 0 Å². The first kappa shape index (κ1) is 18.5. The Morgan fingerprint density at radius 3 is 2.42 bits per heavy atom. The zero-order valence-corrected chi connectivity index (χ0v) is 15.6. The van der Waals surface area contributed by atoms with Crippen molar-refractivity contribution in [3.63, 3.8) is 0 Å². The summed E-state index contributed by atoms with van der Waals surface area (Å²) in [5, 5.41) is 2.95. The van der Waals surface area contributed by atoms with Gasteiger partial charge in [-0.05, 0) is 50.3 Å². The maximum absolute atomic E-state index is 12.0. The lowest BCUT2D eigenvalue weighted by Crippen LogP contribution is -2.42. The number of rotatable bonds is 8. The third-order valence-corrected chi connectivity index (χ3v) is 4.29. The highest BCUT2D eigenvalue weighted by atomic mass is 79.9. The monoisotopic (exact) mass is 390 g/mol. The third kappa shape index (κ3) is 6.34. The molecule has 0 unspecified atom stereocenters. The minimum absolute atomic E-state index is 0.0210. The van der Waals surface area contributed by atoms with Gasteiger partial charge in [0.2, 0.25) is 0 Å². The van der Waals surface area contributed by atoms with Crippen molar-refractivity contribution in [1.29, 1.82) is 0 Å². The molecule has 0 saturated heterocycles. The summed E-state index contributed by atoms with van der Waals surface area (Å²) in [7, 11) is 4.05. The van der Waals surface area contributed by atoms with Crippen LogP contribution in [0.4, 0.5) is 0 Å². The number of likely N-dealkylation sites (N-methyl/N-ethyl adjacent to an activating group) is 1. The first-order valence-electron chi connectivity index (χ1n) is 7.90.